The van der Waals surface area contributed by atoms with Crippen molar-refractivity contribution in [3.8, 4) is 0 Å². The third kappa shape index (κ3) is 10.5. The fourth-order valence-electron chi connectivity index (χ4n) is 5.02. The van der Waals surface area contributed by atoms with E-state index in [1.54, 1.807) is 24.3 Å². The van der Waals surface area contributed by atoms with Crippen LogP contribution >= 0.6 is 0 Å². The van der Waals surface area contributed by atoms with Gasteiger partial charge in [0.05, 0.1) is 22.6 Å². The van der Waals surface area contributed by atoms with Gasteiger partial charge < -0.3 is 20.1 Å². The molecule has 0 bridgehead atoms. The van der Waals surface area contributed by atoms with Crippen LogP contribution in [0.1, 0.15) is 52.2 Å². The number of carbonyl (C=O) groups excluding carboxylic acids is 2. The number of sulfone groups is 1. The maximum absolute atomic E-state index is 13.8. The van der Waals surface area contributed by atoms with E-state index in [0.29, 0.717) is 19.5 Å². The number of ether oxygens (including phenoxy) is 2. The number of rotatable bonds is 17. The summed E-state index contributed by atoms with van der Waals surface area (Å²) in [6, 6.07) is 16.2. The van der Waals surface area contributed by atoms with E-state index in [1.807, 2.05) is 57.2 Å². The topological polar surface area (TPSA) is 151 Å². The minimum Gasteiger partial charge on any atom is -0.445 e. The summed E-state index contributed by atoms with van der Waals surface area (Å²) in [5.74, 6) is -0.637. The van der Waals surface area contributed by atoms with Crippen molar-refractivity contribution in [1.82, 2.24) is 14.9 Å². The molecule has 1 aliphatic rings. The quantitative estimate of drug-likeness (QED) is 0.244. The Kier molecular flexibility index (Phi) is 12.6. The lowest BCUT2D eigenvalue weighted by atomic mass is 9.98. The molecule has 3 rings (SSSR count). The van der Waals surface area contributed by atoms with Crippen LogP contribution < -0.4 is 10.6 Å². The van der Waals surface area contributed by atoms with E-state index >= 15 is 0 Å². The SMILES string of the molecule is CCN(CC(C)C)S(=O)(=O)CC[C@@H]1O[C@@H]1[C@H](Cc1ccccc1)NC(=O)[C@@H](NC(=O)OCc1ccccc1)C(C)(C)S(C)(=O)=O. The minimum atomic E-state index is -3.85. The lowest BCUT2D eigenvalue weighted by molar-refractivity contribution is -0.124. The van der Waals surface area contributed by atoms with Crippen LogP contribution in [0.4, 0.5) is 4.79 Å². The standard InChI is InChI=1S/C32H47N3O8S2/c1-7-35(21-23(2)3)45(40,41)19-18-27-28(43-27)26(20-24-14-10-8-11-15-24)33-30(36)29(32(4,5)44(6,38)39)34-31(37)42-22-25-16-12-9-13-17-25/h8-17,23,26-29H,7,18-22H2,1-6H3,(H,33,36)(H,34,37)/t26-,27-,28+,29+/m0/s1. The highest BCUT2D eigenvalue weighted by atomic mass is 32.2. The number of carbonyl (C=O) groups is 2. The van der Waals surface area contributed by atoms with Crippen molar-refractivity contribution in [2.45, 2.75) is 83.1 Å². The Morgan fingerprint density at radius 2 is 1.53 bits per heavy atom. The predicted molar refractivity (Wildman–Crippen MR) is 174 cm³/mol. The van der Waals surface area contributed by atoms with Crippen molar-refractivity contribution in [3.05, 3.63) is 71.8 Å². The molecule has 1 saturated heterocycles. The molecular formula is C32H47N3O8S2. The number of hydrogen-bond donors (Lipinski definition) is 2. The molecule has 0 spiro atoms. The van der Waals surface area contributed by atoms with Gasteiger partial charge in [-0.2, -0.15) is 0 Å². The second kappa shape index (κ2) is 15.5. The third-order valence-electron chi connectivity index (χ3n) is 8.01. The maximum atomic E-state index is 13.8. The molecule has 2 aromatic carbocycles. The second-order valence-corrected chi connectivity index (χ2v) is 17.1. The number of alkyl carbamates (subject to hydrolysis) is 1. The van der Waals surface area contributed by atoms with Crippen LogP contribution in [-0.2, 0) is 47.2 Å². The number of amides is 2. The molecule has 1 fully saturated rings. The van der Waals surface area contributed by atoms with Crippen LogP contribution in [0.2, 0.25) is 0 Å². The number of benzene rings is 2. The zero-order chi connectivity index (χ0) is 33.4. The smallest absolute Gasteiger partial charge is 0.408 e. The van der Waals surface area contributed by atoms with E-state index in [9.17, 15) is 26.4 Å². The van der Waals surface area contributed by atoms with E-state index in [2.05, 4.69) is 10.6 Å². The number of hydrogen-bond acceptors (Lipinski definition) is 8. The molecule has 45 heavy (non-hydrogen) atoms. The molecule has 250 valence electrons. The van der Waals surface area contributed by atoms with Gasteiger partial charge in [0.15, 0.2) is 9.84 Å². The maximum Gasteiger partial charge on any atom is 0.408 e. The fraction of sp³-hybridized carbons (Fsp3) is 0.562. The average molecular weight is 666 g/mol. The van der Waals surface area contributed by atoms with Gasteiger partial charge in [0.25, 0.3) is 0 Å². The number of nitrogens with one attached hydrogen (secondary N) is 2. The molecule has 0 aromatic heterocycles. The summed E-state index contributed by atoms with van der Waals surface area (Å²) < 4.78 is 62.6. The lowest BCUT2D eigenvalue weighted by Crippen LogP contribution is -2.62. The first kappa shape index (κ1) is 36.5. The summed E-state index contributed by atoms with van der Waals surface area (Å²) in [6.07, 6.45) is -0.272. The van der Waals surface area contributed by atoms with Crippen LogP contribution in [0.15, 0.2) is 60.7 Å². The van der Waals surface area contributed by atoms with Gasteiger partial charge in [-0.25, -0.2) is 25.9 Å². The number of nitrogens with zero attached hydrogens (tertiary/aromatic N) is 1. The summed E-state index contributed by atoms with van der Waals surface area (Å²) in [5.41, 5.74) is 1.62. The lowest BCUT2D eigenvalue weighted by Gasteiger charge is -2.33. The molecule has 2 N–H and O–H groups in total. The molecule has 1 heterocycles. The first-order chi connectivity index (χ1) is 21.0. The highest BCUT2D eigenvalue weighted by Gasteiger charge is 2.49. The van der Waals surface area contributed by atoms with E-state index in [0.717, 1.165) is 17.4 Å². The minimum absolute atomic E-state index is 0.0654. The van der Waals surface area contributed by atoms with Gasteiger partial charge in [-0.05, 0) is 43.7 Å². The number of epoxide rings is 1. The molecular weight excluding hydrogens is 618 g/mol. The highest BCUT2D eigenvalue weighted by Crippen LogP contribution is 2.31. The van der Waals surface area contributed by atoms with E-state index in [-0.39, 0.29) is 24.7 Å². The van der Waals surface area contributed by atoms with Crippen LogP contribution in [0.5, 0.6) is 0 Å². The Bertz CT molecular complexity index is 1480. The number of sulfonamides is 1. The fourth-order valence-corrected chi connectivity index (χ4v) is 7.32. The van der Waals surface area contributed by atoms with Crippen molar-refractivity contribution < 1.29 is 35.9 Å². The van der Waals surface area contributed by atoms with Gasteiger partial charge >= 0.3 is 6.09 Å². The molecule has 4 atom stereocenters. The summed E-state index contributed by atoms with van der Waals surface area (Å²) in [4.78, 5) is 26.6. The van der Waals surface area contributed by atoms with Gasteiger partial charge in [-0.1, -0.05) is 81.4 Å². The highest BCUT2D eigenvalue weighted by molar-refractivity contribution is 7.92. The van der Waals surface area contributed by atoms with Crippen LogP contribution in [0.3, 0.4) is 0 Å². The van der Waals surface area contributed by atoms with Crippen LogP contribution in [-0.4, -0.2) is 87.3 Å². The predicted octanol–water partition coefficient (Wildman–Crippen LogP) is 3.30. The summed E-state index contributed by atoms with van der Waals surface area (Å²) >= 11 is 0. The van der Waals surface area contributed by atoms with Crippen molar-refractivity contribution in [2.75, 3.05) is 25.1 Å². The zero-order valence-corrected chi connectivity index (χ0v) is 28.6. The zero-order valence-electron chi connectivity index (χ0n) is 26.9. The normalized spacial score (nSPS) is 18.3. The molecule has 2 amide bonds. The van der Waals surface area contributed by atoms with Crippen LogP contribution in [0, 0.1) is 5.92 Å². The molecule has 11 nitrogen and oxygen atoms in total. The molecule has 13 heteroatoms. The van der Waals surface area contributed by atoms with Gasteiger partial charge in [-0.15, -0.1) is 0 Å². The monoisotopic (exact) mass is 665 g/mol. The van der Waals surface area contributed by atoms with E-state index in [1.165, 1.54) is 18.2 Å². The molecule has 0 saturated carbocycles. The summed E-state index contributed by atoms with van der Waals surface area (Å²) in [5, 5.41) is 5.39. The van der Waals surface area contributed by atoms with Crippen molar-refractivity contribution in [2.24, 2.45) is 5.92 Å². The van der Waals surface area contributed by atoms with Gasteiger partial charge in [0.1, 0.15) is 18.8 Å². The Morgan fingerprint density at radius 3 is 2.07 bits per heavy atom. The molecule has 0 unspecified atom stereocenters. The van der Waals surface area contributed by atoms with Crippen molar-refractivity contribution in [3.63, 3.8) is 0 Å². The second-order valence-electron chi connectivity index (χ2n) is 12.4. The van der Waals surface area contributed by atoms with E-state index < -0.39 is 60.9 Å². The first-order valence-electron chi connectivity index (χ1n) is 15.2. The van der Waals surface area contributed by atoms with Gasteiger partial charge in [-0.3, -0.25) is 4.79 Å². The van der Waals surface area contributed by atoms with Crippen LogP contribution in [0.25, 0.3) is 0 Å². The molecule has 0 aliphatic carbocycles. The molecule has 1 aliphatic heterocycles. The molecule has 0 radical (unpaired) electrons. The van der Waals surface area contributed by atoms with Gasteiger partial charge in [0, 0.05) is 19.3 Å². The average Bonchev–Trinajstić information content (AvgIpc) is 3.76. The Hall–Kier alpha value is -3.00. The summed E-state index contributed by atoms with van der Waals surface area (Å²) in [7, 11) is -7.35. The molecule has 2 aromatic rings. The van der Waals surface area contributed by atoms with E-state index in [4.69, 9.17) is 9.47 Å². The largest absolute Gasteiger partial charge is 0.445 e. The third-order valence-corrected chi connectivity index (χ3v) is 12.1. The van der Waals surface area contributed by atoms with Crippen molar-refractivity contribution >= 4 is 31.9 Å². The Morgan fingerprint density at radius 1 is 0.956 bits per heavy atom. The Balaban J connectivity index is 1.77. The first-order valence-corrected chi connectivity index (χ1v) is 18.7. The van der Waals surface area contributed by atoms with Gasteiger partial charge in [0.2, 0.25) is 15.9 Å². The van der Waals surface area contributed by atoms with Crippen molar-refractivity contribution in [1.29, 1.82) is 0 Å². The summed E-state index contributed by atoms with van der Waals surface area (Å²) in [6.45, 7) is 9.21. The Labute approximate surface area is 268 Å².